The van der Waals surface area contributed by atoms with Crippen LogP contribution in [-0.4, -0.2) is 17.0 Å². The van der Waals surface area contributed by atoms with E-state index in [-0.39, 0.29) is 6.04 Å². The molecule has 0 spiro atoms. The first-order valence-corrected chi connectivity index (χ1v) is 6.19. The van der Waals surface area contributed by atoms with Crippen LogP contribution < -0.4 is 0 Å². The van der Waals surface area contributed by atoms with E-state index in [0.29, 0.717) is 5.02 Å². The first kappa shape index (κ1) is 11.5. The van der Waals surface area contributed by atoms with Gasteiger partial charge in [-0.1, -0.05) is 18.0 Å². The molecule has 0 N–H and O–H groups in total. The summed E-state index contributed by atoms with van der Waals surface area (Å²) >= 11 is 5.79. The molecule has 3 heteroatoms. The lowest BCUT2D eigenvalue weighted by atomic mass is 9.96. The summed E-state index contributed by atoms with van der Waals surface area (Å²) < 4.78 is 1.11. The van der Waals surface area contributed by atoms with Crippen LogP contribution in [0.3, 0.4) is 0 Å². The molecule has 0 saturated heterocycles. The summed E-state index contributed by atoms with van der Waals surface area (Å²) in [6, 6.07) is 7.53. The monoisotopic (exact) mass is 237 g/mol. The number of hydrogen-bond acceptors (Lipinski definition) is 1. The Bertz CT molecular complexity index is 366. The number of rotatable bonds is 2. The van der Waals surface area contributed by atoms with E-state index in [2.05, 4.69) is 0 Å². The van der Waals surface area contributed by atoms with Gasteiger partial charge in [0.05, 0.1) is 0 Å². The maximum Gasteiger partial charge on any atom is 0.182 e. The molecule has 1 aliphatic carbocycles. The highest BCUT2D eigenvalue weighted by molar-refractivity contribution is 6.30. The van der Waals surface area contributed by atoms with Crippen LogP contribution in [0.5, 0.6) is 0 Å². The van der Waals surface area contributed by atoms with Crippen molar-refractivity contribution in [2.75, 3.05) is 0 Å². The highest BCUT2D eigenvalue weighted by atomic mass is 35.5. The summed E-state index contributed by atoms with van der Waals surface area (Å²) in [6.45, 7) is 0. The van der Waals surface area contributed by atoms with Crippen molar-refractivity contribution in [3.63, 3.8) is 0 Å². The Morgan fingerprint density at radius 2 is 1.75 bits per heavy atom. The summed E-state index contributed by atoms with van der Waals surface area (Å²) in [5.41, 5.74) is 0.921. The maximum absolute atomic E-state index is 11.9. The van der Waals surface area contributed by atoms with Gasteiger partial charge in [0, 0.05) is 23.4 Å². The molecule has 1 aromatic carbocycles. The average molecular weight is 238 g/mol. The van der Waals surface area contributed by atoms with Crippen LogP contribution in [-0.2, 0) is 0 Å². The maximum atomic E-state index is 11.9. The molecule has 0 amide bonds. The molecule has 86 valence electrons. The molecule has 1 saturated carbocycles. The fraction of sp³-hybridized carbons (Fsp3) is 0.462. The lowest BCUT2D eigenvalue weighted by Crippen LogP contribution is -2.25. The smallest absolute Gasteiger partial charge is 0.182 e. The lowest BCUT2D eigenvalue weighted by molar-refractivity contribution is -0.500. The van der Waals surface area contributed by atoms with E-state index in [1.54, 1.807) is 6.21 Å². The first-order valence-electron chi connectivity index (χ1n) is 5.81. The van der Waals surface area contributed by atoms with Crippen molar-refractivity contribution >= 4 is 17.8 Å². The van der Waals surface area contributed by atoms with Gasteiger partial charge in [0.25, 0.3) is 0 Å². The summed E-state index contributed by atoms with van der Waals surface area (Å²) in [7, 11) is 0. The number of halogens is 1. The summed E-state index contributed by atoms with van der Waals surface area (Å²) in [5.74, 6) is 0. The van der Waals surface area contributed by atoms with Crippen molar-refractivity contribution in [1.82, 2.24) is 0 Å². The molecule has 1 aromatic rings. The van der Waals surface area contributed by atoms with Crippen LogP contribution in [0.25, 0.3) is 0 Å². The molecule has 1 aliphatic rings. The molecule has 2 rings (SSSR count). The highest BCUT2D eigenvalue weighted by Crippen LogP contribution is 2.19. The van der Waals surface area contributed by atoms with Gasteiger partial charge >= 0.3 is 0 Å². The minimum Gasteiger partial charge on any atom is -0.624 e. The zero-order valence-corrected chi connectivity index (χ0v) is 9.99. The van der Waals surface area contributed by atoms with Crippen LogP contribution in [0.4, 0.5) is 0 Å². The molecule has 16 heavy (non-hydrogen) atoms. The molecule has 0 bridgehead atoms. The Labute approximate surface area is 101 Å². The summed E-state index contributed by atoms with van der Waals surface area (Å²) in [5, 5.41) is 12.6. The summed E-state index contributed by atoms with van der Waals surface area (Å²) in [4.78, 5) is 0. The van der Waals surface area contributed by atoms with Crippen LogP contribution in [0.1, 0.15) is 37.7 Å². The van der Waals surface area contributed by atoms with E-state index < -0.39 is 0 Å². The second-order valence-corrected chi connectivity index (χ2v) is 4.77. The van der Waals surface area contributed by atoms with Gasteiger partial charge in [0.1, 0.15) is 0 Å². The number of hydroxylamine groups is 1. The third-order valence-corrected chi connectivity index (χ3v) is 3.33. The molecule has 0 aromatic heterocycles. The number of nitrogens with zero attached hydrogens (tertiary/aromatic N) is 1. The van der Waals surface area contributed by atoms with Gasteiger partial charge in [0.2, 0.25) is 0 Å². The Morgan fingerprint density at radius 3 is 2.38 bits per heavy atom. The lowest BCUT2D eigenvalue weighted by Gasteiger charge is -2.20. The third kappa shape index (κ3) is 2.99. The number of hydrogen-bond donors (Lipinski definition) is 0. The van der Waals surface area contributed by atoms with E-state index in [1.165, 1.54) is 19.3 Å². The SMILES string of the molecule is [O-][N+](=Cc1ccc(Cl)cc1)C1CCCCC1. The van der Waals surface area contributed by atoms with Gasteiger partial charge in [0.15, 0.2) is 12.3 Å². The van der Waals surface area contributed by atoms with E-state index in [1.807, 2.05) is 24.3 Å². The van der Waals surface area contributed by atoms with Crippen LogP contribution in [0.15, 0.2) is 24.3 Å². The molecule has 0 heterocycles. The molecular weight excluding hydrogens is 222 g/mol. The first-order chi connectivity index (χ1) is 7.75. The fourth-order valence-corrected chi connectivity index (χ4v) is 2.26. The minimum atomic E-state index is 0.171. The van der Waals surface area contributed by atoms with Crippen LogP contribution >= 0.6 is 11.6 Å². The van der Waals surface area contributed by atoms with Crippen LogP contribution in [0.2, 0.25) is 5.02 Å². The molecule has 0 aliphatic heterocycles. The molecule has 0 radical (unpaired) electrons. The van der Waals surface area contributed by atoms with Gasteiger partial charge < -0.3 is 5.21 Å². The minimum absolute atomic E-state index is 0.171. The average Bonchev–Trinajstić information content (AvgIpc) is 2.33. The summed E-state index contributed by atoms with van der Waals surface area (Å²) in [6.07, 6.45) is 7.34. The fourth-order valence-electron chi connectivity index (χ4n) is 2.14. The van der Waals surface area contributed by atoms with Crippen molar-refractivity contribution in [2.24, 2.45) is 0 Å². The van der Waals surface area contributed by atoms with Gasteiger partial charge in [-0.15, -0.1) is 0 Å². The molecule has 0 unspecified atom stereocenters. The van der Waals surface area contributed by atoms with Crippen LogP contribution in [0, 0.1) is 5.21 Å². The van der Waals surface area contributed by atoms with Crippen molar-refractivity contribution in [1.29, 1.82) is 0 Å². The quantitative estimate of drug-likeness (QED) is 0.334. The highest BCUT2D eigenvalue weighted by Gasteiger charge is 2.19. The Morgan fingerprint density at radius 1 is 1.12 bits per heavy atom. The van der Waals surface area contributed by atoms with Crippen molar-refractivity contribution in [3.8, 4) is 0 Å². The van der Waals surface area contributed by atoms with Gasteiger partial charge in [-0.05, 0) is 37.1 Å². The van der Waals surface area contributed by atoms with Gasteiger partial charge in [-0.2, -0.15) is 0 Å². The zero-order chi connectivity index (χ0) is 11.4. The van der Waals surface area contributed by atoms with E-state index >= 15 is 0 Å². The predicted molar refractivity (Wildman–Crippen MR) is 67.1 cm³/mol. The molecule has 0 atom stereocenters. The number of benzene rings is 1. The van der Waals surface area contributed by atoms with Crippen molar-refractivity contribution in [3.05, 3.63) is 40.1 Å². The predicted octanol–water partition coefficient (Wildman–Crippen LogP) is 3.60. The third-order valence-electron chi connectivity index (χ3n) is 3.08. The van der Waals surface area contributed by atoms with Crippen molar-refractivity contribution < 1.29 is 4.74 Å². The zero-order valence-electron chi connectivity index (χ0n) is 9.23. The van der Waals surface area contributed by atoms with E-state index in [9.17, 15) is 5.21 Å². The largest absolute Gasteiger partial charge is 0.624 e. The molecule has 1 fully saturated rings. The van der Waals surface area contributed by atoms with E-state index in [4.69, 9.17) is 11.6 Å². The normalized spacial score (nSPS) is 18.7. The Balaban J connectivity index is 2.07. The van der Waals surface area contributed by atoms with E-state index in [0.717, 1.165) is 23.1 Å². The molecule has 2 nitrogen and oxygen atoms in total. The van der Waals surface area contributed by atoms with Gasteiger partial charge in [-0.25, -0.2) is 4.74 Å². The second-order valence-electron chi connectivity index (χ2n) is 4.33. The topological polar surface area (TPSA) is 26.1 Å². The Kier molecular flexibility index (Phi) is 3.83. The van der Waals surface area contributed by atoms with Gasteiger partial charge in [-0.3, -0.25) is 0 Å². The van der Waals surface area contributed by atoms with Crippen molar-refractivity contribution in [2.45, 2.75) is 38.1 Å². The standard InChI is InChI=1S/C13H16ClNO/c14-12-8-6-11(7-9-12)10-15(16)13-4-2-1-3-5-13/h6-10,13H,1-5H2. The molecular formula is C13H16ClNO. The second kappa shape index (κ2) is 5.35. The Hall–Kier alpha value is -1.02.